The van der Waals surface area contributed by atoms with Crippen molar-refractivity contribution in [2.24, 2.45) is 12.8 Å². The third-order valence-electron chi connectivity index (χ3n) is 1.38. The lowest BCUT2D eigenvalue weighted by molar-refractivity contribution is -0.122. The van der Waals surface area contributed by atoms with E-state index < -0.39 is 6.04 Å². The zero-order chi connectivity index (χ0) is 9.84. The van der Waals surface area contributed by atoms with Gasteiger partial charge in [0.2, 0.25) is 5.91 Å². The number of hydrogen-bond donors (Lipinski definition) is 2. The molecule has 1 heterocycles. The smallest absolute Gasteiger partial charge is 0.237 e. The fourth-order valence-electron chi connectivity index (χ4n) is 0.721. The van der Waals surface area contributed by atoms with Crippen molar-refractivity contribution in [2.75, 3.05) is 0 Å². The molecular formula is C6H12N6O. The highest BCUT2D eigenvalue weighted by atomic mass is 16.2. The Morgan fingerprint density at radius 1 is 1.77 bits per heavy atom. The molecule has 0 radical (unpaired) electrons. The number of aromatic nitrogens is 4. The highest BCUT2D eigenvalue weighted by molar-refractivity contribution is 5.80. The van der Waals surface area contributed by atoms with Gasteiger partial charge in [-0.2, -0.15) is 4.80 Å². The van der Waals surface area contributed by atoms with Gasteiger partial charge in [-0.1, -0.05) is 0 Å². The van der Waals surface area contributed by atoms with Gasteiger partial charge < -0.3 is 11.1 Å². The first-order valence-corrected chi connectivity index (χ1v) is 3.86. The van der Waals surface area contributed by atoms with Crippen LogP contribution in [-0.4, -0.2) is 32.2 Å². The van der Waals surface area contributed by atoms with E-state index in [1.165, 1.54) is 4.80 Å². The number of nitrogens with two attached hydrogens (primary N) is 1. The van der Waals surface area contributed by atoms with Crippen LogP contribution in [0.4, 0.5) is 0 Å². The van der Waals surface area contributed by atoms with Gasteiger partial charge in [-0.05, 0) is 12.1 Å². The van der Waals surface area contributed by atoms with Crippen LogP contribution in [-0.2, 0) is 18.4 Å². The molecule has 0 saturated heterocycles. The van der Waals surface area contributed by atoms with Gasteiger partial charge in [0, 0.05) is 0 Å². The van der Waals surface area contributed by atoms with Crippen molar-refractivity contribution in [1.29, 1.82) is 0 Å². The van der Waals surface area contributed by atoms with E-state index in [0.717, 1.165) is 0 Å². The number of nitrogens with one attached hydrogen (secondary N) is 1. The Kier molecular flexibility index (Phi) is 2.91. The number of carbonyl (C=O) groups excluding carboxylic acids is 1. The molecule has 0 aliphatic heterocycles. The Labute approximate surface area is 75.3 Å². The highest BCUT2D eigenvalue weighted by Crippen LogP contribution is 1.84. The van der Waals surface area contributed by atoms with Gasteiger partial charge in [-0.15, -0.1) is 10.2 Å². The van der Waals surface area contributed by atoms with Crippen LogP contribution >= 0.6 is 0 Å². The monoisotopic (exact) mass is 184 g/mol. The van der Waals surface area contributed by atoms with E-state index in [1.807, 2.05) is 0 Å². The predicted octanol–water partition coefficient (Wildman–Crippen LogP) is -1.83. The van der Waals surface area contributed by atoms with Crippen LogP contribution in [0.15, 0.2) is 0 Å². The van der Waals surface area contributed by atoms with E-state index in [-0.39, 0.29) is 12.5 Å². The largest absolute Gasteiger partial charge is 0.347 e. The van der Waals surface area contributed by atoms with Crippen LogP contribution in [0.2, 0.25) is 0 Å². The van der Waals surface area contributed by atoms with Gasteiger partial charge in [0.05, 0.1) is 19.6 Å². The van der Waals surface area contributed by atoms with E-state index in [2.05, 4.69) is 20.7 Å². The van der Waals surface area contributed by atoms with E-state index in [9.17, 15) is 4.79 Å². The molecule has 7 heteroatoms. The second-order valence-corrected chi connectivity index (χ2v) is 2.70. The maximum atomic E-state index is 11.0. The van der Waals surface area contributed by atoms with Crippen molar-refractivity contribution >= 4 is 5.91 Å². The molecule has 13 heavy (non-hydrogen) atoms. The summed E-state index contributed by atoms with van der Waals surface area (Å²) in [6.45, 7) is 1.87. The third-order valence-corrected chi connectivity index (χ3v) is 1.38. The molecule has 0 aliphatic carbocycles. The summed E-state index contributed by atoms with van der Waals surface area (Å²) in [5, 5.41) is 13.8. The average Bonchev–Trinajstić information content (AvgIpc) is 2.47. The molecule has 7 nitrogen and oxygen atoms in total. The summed E-state index contributed by atoms with van der Waals surface area (Å²) >= 11 is 0. The molecule has 0 saturated carbocycles. The maximum absolute atomic E-state index is 11.0. The lowest BCUT2D eigenvalue weighted by Gasteiger charge is -2.04. The normalized spacial score (nSPS) is 12.5. The van der Waals surface area contributed by atoms with Gasteiger partial charge in [-0.3, -0.25) is 4.79 Å². The van der Waals surface area contributed by atoms with Crippen molar-refractivity contribution in [3.8, 4) is 0 Å². The quantitative estimate of drug-likeness (QED) is 0.576. The van der Waals surface area contributed by atoms with Gasteiger partial charge >= 0.3 is 0 Å². The molecule has 1 rings (SSSR count). The van der Waals surface area contributed by atoms with E-state index in [4.69, 9.17) is 5.73 Å². The van der Waals surface area contributed by atoms with E-state index in [1.54, 1.807) is 14.0 Å². The van der Waals surface area contributed by atoms with Crippen molar-refractivity contribution < 1.29 is 4.79 Å². The first-order chi connectivity index (χ1) is 6.09. The molecule has 1 amide bonds. The van der Waals surface area contributed by atoms with Gasteiger partial charge in [0.15, 0.2) is 5.82 Å². The minimum atomic E-state index is -0.517. The Morgan fingerprint density at radius 2 is 2.46 bits per heavy atom. The molecule has 0 aromatic carbocycles. The van der Waals surface area contributed by atoms with Crippen LogP contribution < -0.4 is 11.1 Å². The first kappa shape index (κ1) is 9.59. The standard InChI is InChI=1S/C6H12N6O/c1-4(7)6(13)8-3-5-9-11-12(2)10-5/h4H,3,7H2,1-2H3,(H,8,13)/t4-/m0/s1. The summed E-state index contributed by atoms with van der Waals surface area (Å²) in [6.07, 6.45) is 0. The summed E-state index contributed by atoms with van der Waals surface area (Å²) in [6, 6.07) is -0.517. The van der Waals surface area contributed by atoms with E-state index in [0.29, 0.717) is 5.82 Å². The Hall–Kier alpha value is -1.50. The molecule has 0 spiro atoms. The zero-order valence-electron chi connectivity index (χ0n) is 7.56. The van der Waals surface area contributed by atoms with Crippen LogP contribution in [0.5, 0.6) is 0 Å². The van der Waals surface area contributed by atoms with Crippen LogP contribution in [0.25, 0.3) is 0 Å². The molecule has 1 aromatic rings. The third kappa shape index (κ3) is 2.79. The fourth-order valence-corrected chi connectivity index (χ4v) is 0.721. The lowest BCUT2D eigenvalue weighted by Crippen LogP contribution is -2.38. The number of amides is 1. The van der Waals surface area contributed by atoms with Crippen molar-refractivity contribution in [3.63, 3.8) is 0 Å². The molecule has 72 valence electrons. The molecule has 0 bridgehead atoms. The van der Waals surface area contributed by atoms with Gasteiger partial charge in [0.25, 0.3) is 0 Å². The molecule has 0 unspecified atom stereocenters. The number of rotatable bonds is 3. The first-order valence-electron chi connectivity index (χ1n) is 3.86. The van der Waals surface area contributed by atoms with Crippen LogP contribution in [0.1, 0.15) is 12.7 Å². The van der Waals surface area contributed by atoms with E-state index >= 15 is 0 Å². The Balaban J connectivity index is 2.39. The fraction of sp³-hybridized carbons (Fsp3) is 0.667. The van der Waals surface area contributed by atoms with Crippen LogP contribution in [0, 0.1) is 0 Å². The molecule has 0 fully saturated rings. The molecular weight excluding hydrogens is 172 g/mol. The van der Waals surface area contributed by atoms with Gasteiger partial charge in [-0.25, -0.2) is 0 Å². The van der Waals surface area contributed by atoms with Gasteiger partial charge in [0.1, 0.15) is 0 Å². The summed E-state index contributed by atoms with van der Waals surface area (Å²) in [7, 11) is 1.66. The molecule has 0 aliphatic rings. The average molecular weight is 184 g/mol. The molecule has 1 atom stereocenters. The topological polar surface area (TPSA) is 98.7 Å². The highest BCUT2D eigenvalue weighted by Gasteiger charge is 2.07. The zero-order valence-corrected chi connectivity index (χ0v) is 7.56. The second-order valence-electron chi connectivity index (χ2n) is 2.70. The maximum Gasteiger partial charge on any atom is 0.237 e. The SMILES string of the molecule is C[C@H](N)C(=O)NCc1nnn(C)n1. The number of aryl methyl sites for hydroxylation is 1. The molecule has 1 aromatic heterocycles. The summed E-state index contributed by atoms with van der Waals surface area (Å²) in [5.74, 6) is 0.240. The van der Waals surface area contributed by atoms with Crippen molar-refractivity contribution in [2.45, 2.75) is 19.5 Å². The van der Waals surface area contributed by atoms with Crippen LogP contribution in [0.3, 0.4) is 0 Å². The summed E-state index contributed by atoms with van der Waals surface area (Å²) in [5.41, 5.74) is 5.33. The number of carbonyl (C=O) groups is 1. The van der Waals surface area contributed by atoms with Crippen molar-refractivity contribution in [3.05, 3.63) is 5.82 Å². The lowest BCUT2D eigenvalue weighted by atomic mass is 10.3. The number of tetrazole rings is 1. The van der Waals surface area contributed by atoms with Crippen molar-refractivity contribution in [1.82, 2.24) is 25.5 Å². The molecule has 3 N–H and O–H groups in total. The minimum Gasteiger partial charge on any atom is -0.347 e. The minimum absolute atomic E-state index is 0.229. The summed E-state index contributed by atoms with van der Waals surface area (Å²) < 4.78 is 0. The Bertz CT molecular complexity index is 293. The summed E-state index contributed by atoms with van der Waals surface area (Å²) in [4.78, 5) is 12.3. The Morgan fingerprint density at radius 3 is 2.92 bits per heavy atom. The predicted molar refractivity (Wildman–Crippen MR) is 44.3 cm³/mol. The number of nitrogens with zero attached hydrogens (tertiary/aromatic N) is 4. The second kappa shape index (κ2) is 3.94. The number of hydrogen-bond acceptors (Lipinski definition) is 5.